The number of thiazole rings is 1. The summed E-state index contributed by atoms with van der Waals surface area (Å²) in [5.41, 5.74) is 1.32. The van der Waals surface area contributed by atoms with E-state index in [-0.39, 0.29) is 5.41 Å². The van der Waals surface area contributed by atoms with Crippen molar-refractivity contribution in [2.45, 2.75) is 70.1 Å². The minimum absolute atomic E-state index is 0.130. The molecule has 2 unspecified atom stereocenters. The normalized spacial score (nSPS) is 22.0. The molecule has 1 heterocycles. The standard InChI is InChI=1S/C18H32N4S2/c1-6-19-17(21-13-7-8-14(11-13)23-5)20-10-9-16-22-15(12-24-16)18(2,3)4/h12-14H,6-11H2,1-5H3,(H2,19,20,21). The number of aliphatic imine (C=N–C) groups is 1. The Labute approximate surface area is 155 Å². The number of nitrogens with one attached hydrogen (secondary N) is 2. The lowest BCUT2D eigenvalue weighted by molar-refractivity contribution is 0.570. The van der Waals surface area contributed by atoms with E-state index < -0.39 is 0 Å². The van der Waals surface area contributed by atoms with Crippen molar-refractivity contribution in [3.63, 3.8) is 0 Å². The third-order valence-electron chi connectivity index (χ3n) is 4.32. The SMILES string of the molecule is CCNC(=NCCc1nc(C(C)(C)C)cs1)NC1CCC(SC)C1. The highest BCUT2D eigenvalue weighted by Gasteiger charge is 2.24. The van der Waals surface area contributed by atoms with Crippen LogP contribution < -0.4 is 10.6 Å². The molecule has 0 spiro atoms. The molecule has 0 amide bonds. The summed E-state index contributed by atoms with van der Waals surface area (Å²) in [7, 11) is 0. The van der Waals surface area contributed by atoms with Crippen molar-refractivity contribution >= 4 is 29.1 Å². The Kier molecular flexibility index (Phi) is 7.41. The van der Waals surface area contributed by atoms with Gasteiger partial charge in [-0.05, 0) is 32.4 Å². The number of rotatable bonds is 6. The van der Waals surface area contributed by atoms with E-state index in [0.717, 1.165) is 30.7 Å². The third-order valence-corrected chi connectivity index (χ3v) is 6.32. The third kappa shape index (κ3) is 5.96. The van der Waals surface area contributed by atoms with Crippen LogP contribution in [0.5, 0.6) is 0 Å². The fourth-order valence-electron chi connectivity index (χ4n) is 2.83. The molecule has 1 fully saturated rings. The molecular weight excluding hydrogens is 336 g/mol. The molecule has 0 saturated heterocycles. The molecule has 1 aromatic rings. The van der Waals surface area contributed by atoms with Crippen molar-refractivity contribution in [1.29, 1.82) is 0 Å². The summed E-state index contributed by atoms with van der Waals surface area (Å²) in [4.78, 5) is 9.50. The van der Waals surface area contributed by atoms with Crippen LogP contribution in [-0.2, 0) is 11.8 Å². The van der Waals surface area contributed by atoms with Crippen LogP contribution in [-0.4, -0.2) is 41.6 Å². The summed E-state index contributed by atoms with van der Waals surface area (Å²) in [6.07, 6.45) is 6.93. The first kappa shape index (κ1) is 19.6. The van der Waals surface area contributed by atoms with Gasteiger partial charge in [-0.2, -0.15) is 11.8 Å². The van der Waals surface area contributed by atoms with Gasteiger partial charge in [0.1, 0.15) is 0 Å². The maximum absolute atomic E-state index is 4.75. The summed E-state index contributed by atoms with van der Waals surface area (Å²) in [6.45, 7) is 10.4. The molecule has 2 N–H and O–H groups in total. The van der Waals surface area contributed by atoms with Crippen LogP contribution in [0.15, 0.2) is 10.4 Å². The van der Waals surface area contributed by atoms with Crippen LogP contribution in [0.2, 0.25) is 0 Å². The van der Waals surface area contributed by atoms with Crippen LogP contribution in [0, 0.1) is 0 Å². The average Bonchev–Trinajstić information content (AvgIpc) is 3.16. The Hall–Kier alpha value is -0.750. The zero-order valence-corrected chi connectivity index (χ0v) is 17.3. The van der Waals surface area contributed by atoms with Crippen LogP contribution in [0.3, 0.4) is 0 Å². The monoisotopic (exact) mass is 368 g/mol. The highest BCUT2D eigenvalue weighted by atomic mass is 32.2. The van der Waals surface area contributed by atoms with Crippen LogP contribution in [0.4, 0.5) is 0 Å². The molecule has 2 atom stereocenters. The van der Waals surface area contributed by atoms with E-state index in [1.54, 1.807) is 11.3 Å². The van der Waals surface area contributed by atoms with Gasteiger partial charge in [-0.3, -0.25) is 4.99 Å². The smallest absolute Gasteiger partial charge is 0.191 e. The van der Waals surface area contributed by atoms with Crippen molar-refractivity contribution in [3.8, 4) is 0 Å². The zero-order valence-electron chi connectivity index (χ0n) is 15.7. The van der Waals surface area contributed by atoms with Gasteiger partial charge < -0.3 is 10.6 Å². The number of thioether (sulfide) groups is 1. The molecule has 24 heavy (non-hydrogen) atoms. The van der Waals surface area contributed by atoms with Gasteiger partial charge in [0.25, 0.3) is 0 Å². The molecule has 1 aromatic heterocycles. The summed E-state index contributed by atoms with van der Waals surface area (Å²) >= 11 is 3.74. The number of hydrogen-bond acceptors (Lipinski definition) is 4. The summed E-state index contributed by atoms with van der Waals surface area (Å²) in [5, 5.41) is 11.1. The van der Waals surface area contributed by atoms with Gasteiger partial charge >= 0.3 is 0 Å². The maximum atomic E-state index is 4.75. The van der Waals surface area contributed by atoms with Crippen LogP contribution in [0.25, 0.3) is 0 Å². The predicted octanol–water partition coefficient (Wildman–Crippen LogP) is 3.82. The lowest BCUT2D eigenvalue weighted by atomic mass is 9.93. The highest BCUT2D eigenvalue weighted by molar-refractivity contribution is 7.99. The van der Waals surface area contributed by atoms with Crippen LogP contribution in [0.1, 0.15) is 57.7 Å². The summed E-state index contributed by atoms with van der Waals surface area (Å²) in [6, 6.07) is 0.563. The van der Waals surface area contributed by atoms with E-state index >= 15 is 0 Å². The topological polar surface area (TPSA) is 49.3 Å². The largest absolute Gasteiger partial charge is 0.357 e. The molecule has 1 aliphatic carbocycles. The molecule has 0 bridgehead atoms. The fraction of sp³-hybridized carbons (Fsp3) is 0.778. The van der Waals surface area contributed by atoms with Gasteiger partial charge in [-0.25, -0.2) is 4.98 Å². The Balaban J connectivity index is 1.85. The van der Waals surface area contributed by atoms with Crippen molar-refractivity contribution in [2.24, 2.45) is 4.99 Å². The maximum Gasteiger partial charge on any atom is 0.191 e. The molecule has 4 nitrogen and oxygen atoms in total. The number of nitrogens with zero attached hydrogens (tertiary/aromatic N) is 2. The number of guanidine groups is 1. The minimum Gasteiger partial charge on any atom is -0.357 e. The molecule has 0 aliphatic heterocycles. The summed E-state index contributed by atoms with van der Waals surface area (Å²) in [5.74, 6) is 0.955. The van der Waals surface area contributed by atoms with Gasteiger partial charge in [0.15, 0.2) is 5.96 Å². The Bertz CT molecular complexity index is 533. The van der Waals surface area contributed by atoms with Gasteiger partial charge in [0.2, 0.25) is 0 Å². The molecular formula is C18H32N4S2. The minimum atomic E-state index is 0.130. The lowest BCUT2D eigenvalue weighted by Gasteiger charge is -2.17. The number of hydrogen-bond donors (Lipinski definition) is 2. The van der Waals surface area contributed by atoms with Crippen molar-refractivity contribution in [1.82, 2.24) is 15.6 Å². The predicted molar refractivity (Wildman–Crippen MR) is 109 cm³/mol. The second kappa shape index (κ2) is 9.09. The zero-order chi connectivity index (χ0) is 17.6. The summed E-state index contributed by atoms with van der Waals surface area (Å²) < 4.78 is 0. The molecule has 6 heteroatoms. The molecule has 136 valence electrons. The van der Waals surface area contributed by atoms with Crippen molar-refractivity contribution in [3.05, 3.63) is 16.1 Å². The van der Waals surface area contributed by atoms with Crippen molar-refractivity contribution in [2.75, 3.05) is 19.3 Å². The molecule has 0 radical (unpaired) electrons. The molecule has 1 saturated carbocycles. The number of aromatic nitrogens is 1. The lowest BCUT2D eigenvalue weighted by Crippen LogP contribution is -2.42. The second-order valence-electron chi connectivity index (χ2n) is 7.40. The van der Waals surface area contributed by atoms with Gasteiger partial charge in [-0.1, -0.05) is 20.8 Å². The van der Waals surface area contributed by atoms with E-state index in [4.69, 9.17) is 9.98 Å². The first-order valence-electron chi connectivity index (χ1n) is 8.95. The van der Waals surface area contributed by atoms with E-state index in [0.29, 0.717) is 6.04 Å². The highest BCUT2D eigenvalue weighted by Crippen LogP contribution is 2.28. The Morgan fingerprint density at radius 2 is 2.21 bits per heavy atom. The molecule has 1 aliphatic rings. The fourth-order valence-corrected chi connectivity index (χ4v) is 4.64. The Morgan fingerprint density at radius 1 is 1.42 bits per heavy atom. The van der Waals surface area contributed by atoms with Gasteiger partial charge in [0, 0.05) is 41.6 Å². The average molecular weight is 369 g/mol. The van der Waals surface area contributed by atoms with Gasteiger partial charge in [-0.15, -0.1) is 11.3 Å². The van der Waals surface area contributed by atoms with Crippen LogP contribution >= 0.6 is 23.1 Å². The first-order valence-corrected chi connectivity index (χ1v) is 11.1. The van der Waals surface area contributed by atoms with E-state index in [2.05, 4.69) is 50.0 Å². The molecule has 0 aromatic carbocycles. The second-order valence-corrected chi connectivity index (χ2v) is 9.48. The molecule has 2 rings (SSSR count). The quantitative estimate of drug-likeness (QED) is 0.592. The van der Waals surface area contributed by atoms with Crippen molar-refractivity contribution < 1.29 is 0 Å². The van der Waals surface area contributed by atoms with E-state index in [1.165, 1.54) is 30.0 Å². The van der Waals surface area contributed by atoms with E-state index in [9.17, 15) is 0 Å². The Morgan fingerprint density at radius 3 is 2.79 bits per heavy atom. The first-order chi connectivity index (χ1) is 11.4. The van der Waals surface area contributed by atoms with Gasteiger partial charge in [0.05, 0.1) is 10.7 Å². The van der Waals surface area contributed by atoms with E-state index in [1.807, 2.05) is 11.8 Å².